The molecule has 0 saturated heterocycles. The van der Waals surface area contributed by atoms with Crippen molar-refractivity contribution in [1.29, 1.82) is 0 Å². The highest BCUT2D eigenvalue weighted by molar-refractivity contribution is 5.53. The number of ether oxygens (including phenoxy) is 2. The quantitative estimate of drug-likeness (QED) is 0.882. The number of hydrogen-bond acceptors (Lipinski definition) is 5. The molecule has 0 radical (unpaired) electrons. The summed E-state index contributed by atoms with van der Waals surface area (Å²) in [6, 6.07) is 11.2. The van der Waals surface area contributed by atoms with Crippen LogP contribution in [0.25, 0.3) is 0 Å². The van der Waals surface area contributed by atoms with E-state index in [0.717, 1.165) is 24.1 Å². The van der Waals surface area contributed by atoms with Crippen molar-refractivity contribution in [2.24, 2.45) is 0 Å². The van der Waals surface area contributed by atoms with Crippen molar-refractivity contribution < 1.29 is 19.7 Å². The Kier molecular flexibility index (Phi) is 4.92. The summed E-state index contributed by atoms with van der Waals surface area (Å²) >= 11 is 0. The zero-order chi connectivity index (χ0) is 17.1. The van der Waals surface area contributed by atoms with Gasteiger partial charge in [0.1, 0.15) is 5.75 Å². The number of nitrogens with zero attached hydrogens (tertiary/aromatic N) is 1. The molecule has 5 nitrogen and oxygen atoms in total. The molecule has 2 aromatic carbocycles. The van der Waals surface area contributed by atoms with Crippen molar-refractivity contribution >= 4 is 0 Å². The lowest BCUT2D eigenvalue weighted by molar-refractivity contribution is 0.158. The molecule has 128 valence electrons. The lowest BCUT2D eigenvalue weighted by atomic mass is 9.87. The van der Waals surface area contributed by atoms with Gasteiger partial charge in [-0.2, -0.15) is 0 Å². The molecule has 5 heteroatoms. The molecule has 1 aliphatic heterocycles. The highest BCUT2D eigenvalue weighted by atomic mass is 16.5. The number of rotatable bonds is 5. The van der Waals surface area contributed by atoms with Crippen molar-refractivity contribution in [2.75, 3.05) is 33.9 Å². The molecule has 0 saturated carbocycles. The summed E-state index contributed by atoms with van der Waals surface area (Å²) in [6.07, 6.45) is 0.861. The normalized spacial score (nSPS) is 17.4. The van der Waals surface area contributed by atoms with E-state index in [-0.39, 0.29) is 18.4 Å². The number of aliphatic hydroxyl groups excluding tert-OH is 1. The van der Waals surface area contributed by atoms with Crippen LogP contribution in [0, 0.1) is 0 Å². The predicted molar refractivity (Wildman–Crippen MR) is 91.9 cm³/mol. The average molecular weight is 329 g/mol. The first-order chi connectivity index (χ1) is 11.7. The summed E-state index contributed by atoms with van der Waals surface area (Å²) in [6.45, 7) is 1.43. The minimum Gasteiger partial charge on any atom is -0.508 e. The van der Waals surface area contributed by atoms with Crippen LogP contribution in [0.5, 0.6) is 17.2 Å². The molecule has 1 heterocycles. The SMILES string of the molecule is COc1cc2c(cc1OC)[C@H](c1ccccc1O)N(CCO)CC2. The van der Waals surface area contributed by atoms with Crippen LogP contribution in [0.2, 0.25) is 0 Å². The lowest BCUT2D eigenvalue weighted by Gasteiger charge is -2.38. The van der Waals surface area contributed by atoms with E-state index in [1.54, 1.807) is 20.3 Å². The summed E-state index contributed by atoms with van der Waals surface area (Å²) in [5.41, 5.74) is 3.09. The molecule has 0 unspecified atom stereocenters. The molecule has 2 aromatic rings. The zero-order valence-electron chi connectivity index (χ0n) is 14.0. The van der Waals surface area contributed by atoms with E-state index in [0.29, 0.717) is 18.0 Å². The molecule has 1 aliphatic rings. The topological polar surface area (TPSA) is 62.2 Å². The number of para-hydroxylation sites is 1. The minimum atomic E-state index is -0.123. The molecule has 0 aromatic heterocycles. The van der Waals surface area contributed by atoms with Gasteiger partial charge in [-0.15, -0.1) is 0 Å². The van der Waals surface area contributed by atoms with Gasteiger partial charge in [-0.1, -0.05) is 18.2 Å². The standard InChI is InChI=1S/C19H23NO4/c1-23-17-11-13-7-8-20(9-10-21)19(15(13)12-18(17)24-2)14-5-3-4-6-16(14)22/h3-6,11-12,19,21-22H,7-10H2,1-2H3/t19-/m0/s1. The van der Waals surface area contributed by atoms with Crippen molar-refractivity contribution in [2.45, 2.75) is 12.5 Å². The predicted octanol–water partition coefficient (Wildman–Crippen LogP) is 2.35. The van der Waals surface area contributed by atoms with Gasteiger partial charge in [-0.25, -0.2) is 0 Å². The van der Waals surface area contributed by atoms with E-state index in [9.17, 15) is 10.2 Å². The molecular weight excluding hydrogens is 306 g/mol. The second-order valence-electron chi connectivity index (χ2n) is 5.88. The number of benzene rings is 2. The van der Waals surface area contributed by atoms with Crippen LogP contribution in [0.15, 0.2) is 36.4 Å². The zero-order valence-corrected chi connectivity index (χ0v) is 14.0. The van der Waals surface area contributed by atoms with Gasteiger partial charge in [0.25, 0.3) is 0 Å². The fourth-order valence-corrected chi connectivity index (χ4v) is 3.45. The monoisotopic (exact) mass is 329 g/mol. The maximum atomic E-state index is 10.4. The molecule has 3 rings (SSSR count). The minimum absolute atomic E-state index is 0.0761. The van der Waals surface area contributed by atoms with Gasteiger partial charge in [0.2, 0.25) is 0 Å². The van der Waals surface area contributed by atoms with E-state index in [2.05, 4.69) is 4.90 Å². The Hall–Kier alpha value is -2.24. The third kappa shape index (κ3) is 2.92. The molecule has 0 aliphatic carbocycles. The molecule has 0 amide bonds. The summed E-state index contributed by atoms with van der Waals surface area (Å²) in [4.78, 5) is 2.18. The van der Waals surface area contributed by atoms with Gasteiger partial charge in [0.05, 0.1) is 26.9 Å². The summed E-state index contributed by atoms with van der Waals surface area (Å²) in [5.74, 6) is 1.64. The van der Waals surface area contributed by atoms with Gasteiger partial charge in [-0.05, 0) is 35.7 Å². The summed E-state index contributed by atoms with van der Waals surface area (Å²) < 4.78 is 10.9. The third-order valence-corrected chi connectivity index (χ3v) is 4.59. The number of aliphatic hydroxyl groups is 1. The number of β-amino-alcohol motifs (C(OH)–C–C–N with tert-alkyl or cyclic N) is 1. The first-order valence-electron chi connectivity index (χ1n) is 8.07. The van der Waals surface area contributed by atoms with Crippen molar-refractivity contribution in [3.8, 4) is 17.2 Å². The van der Waals surface area contributed by atoms with Gasteiger partial charge < -0.3 is 19.7 Å². The van der Waals surface area contributed by atoms with Crippen molar-refractivity contribution in [3.63, 3.8) is 0 Å². The lowest BCUT2D eigenvalue weighted by Crippen LogP contribution is -2.38. The fraction of sp³-hybridized carbons (Fsp3) is 0.368. The number of hydrogen-bond donors (Lipinski definition) is 2. The molecule has 0 fully saturated rings. The summed E-state index contributed by atoms with van der Waals surface area (Å²) in [7, 11) is 3.25. The number of fused-ring (bicyclic) bond motifs is 1. The maximum absolute atomic E-state index is 10.4. The third-order valence-electron chi connectivity index (χ3n) is 4.59. The van der Waals surface area contributed by atoms with Gasteiger partial charge in [-0.3, -0.25) is 4.90 Å². The Labute approximate surface area is 142 Å². The Morgan fingerprint density at radius 2 is 1.79 bits per heavy atom. The van der Waals surface area contributed by atoms with Crippen LogP contribution in [0.1, 0.15) is 22.7 Å². The van der Waals surface area contributed by atoms with Gasteiger partial charge in [0, 0.05) is 18.7 Å². The first-order valence-corrected chi connectivity index (χ1v) is 8.07. The summed E-state index contributed by atoms with van der Waals surface area (Å²) in [5, 5.41) is 19.8. The molecule has 0 spiro atoms. The second kappa shape index (κ2) is 7.11. The number of phenols is 1. The van der Waals surface area contributed by atoms with E-state index < -0.39 is 0 Å². The molecule has 2 N–H and O–H groups in total. The fourth-order valence-electron chi connectivity index (χ4n) is 3.45. The molecular formula is C19H23NO4. The van der Waals surface area contributed by atoms with Gasteiger partial charge in [0.15, 0.2) is 11.5 Å². The van der Waals surface area contributed by atoms with E-state index in [1.807, 2.05) is 30.3 Å². The smallest absolute Gasteiger partial charge is 0.161 e. The molecule has 0 bridgehead atoms. The largest absolute Gasteiger partial charge is 0.508 e. The van der Waals surface area contributed by atoms with Crippen LogP contribution >= 0.6 is 0 Å². The number of phenolic OH excluding ortho intramolecular Hbond substituents is 1. The Morgan fingerprint density at radius 1 is 1.08 bits per heavy atom. The molecule has 24 heavy (non-hydrogen) atoms. The van der Waals surface area contributed by atoms with Crippen molar-refractivity contribution in [3.05, 3.63) is 53.1 Å². The van der Waals surface area contributed by atoms with E-state index in [1.165, 1.54) is 5.56 Å². The first kappa shape index (κ1) is 16.6. The van der Waals surface area contributed by atoms with E-state index >= 15 is 0 Å². The van der Waals surface area contributed by atoms with Gasteiger partial charge >= 0.3 is 0 Å². The van der Waals surface area contributed by atoms with E-state index in [4.69, 9.17) is 9.47 Å². The number of aromatic hydroxyl groups is 1. The van der Waals surface area contributed by atoms with Crippen molar-refractivity contribution in [1.82, 2.24) is 4.90 Å². The second-order valence-corrected chi connectivity index (χ2v) is 5.88. The maximum Gasteiger partial charge on any atom is 0.161 e. The van der Waals surface area contributed by atoms with Crippen LogP contribution < -0.4 is 9.47 Å². The Bertz CT molecular complexity index is 717. The highest BCUT2D eigenvalue weighted by Gasteiger charge is 2.31. The average Bonchev–Trinajstić information content (AvgIpc) is 2.61. The molecule has 1 atom stereocenters. The number of methoxy groups -OCH3 is 2. The van der Waals surface area contributed by atoms with Crippen LogP contribution in [0.3, 0.4) is 0 Å². The Balaban J connectivity index is 2.15. The Morgan fingerprint density at radius 3 is 2.46 bits per heavy atom. The van der Waals surface area contributed by atoms with Crippen LogP contribution in [0.4, 0.5) is 0 Å². The highest BCUT2D eigenvalue weighted by Crippen LogP contribution is 2.42. The van der Waals surface area contributed by atoms with Crippen LogP contribution in [-0.2, 0) is 6.42 Å². The van der Waals surface area contributed by atoms with Crippen LogP contribution in [-0.4, -0.2) is 49.0 Å².